The highest BCUT2D eigenvalue weighted by Gasteiger charge is 2.17. The van der Waals surface area contributed by atoms with Crippen molar-refractivity contribution in [2.24, 2.45) is 0 Å². The van der Waals surface area contributed by atoms with Gasteiger partial charge in [0.25, 0.3) is 5.91 Å². The van der Waals surface area contributed by atoms with Crippen LogP contribution in [0.3, 0.4) is 0 Å². The molecule has 2 N–H and O–H groups in total. The highest BCUT2D eigenvalue weighted by Crippen LogP contribution is 2.29. The van der Waals surface area contributed by atoms with Crippen LogP contribution in [0.5, 0.6) is 5.75 Å². The number of methoxy groups -OCH3 is 1. The average molecular weight is 406 g/mol. The lowest BCUT2D eigenvalue weighted by molar-refractivity contribution is -0.114. The molecule has 0 atom stereocenters. The van der Waals surface area contributed by atoms with Crippen molar-refractivity contribution in [1.29, 1.82) is 0 Å². The lowest BCUT2D eigenvalue weighted by Gasteiger charge is -2.12. The number of carbonyl (C=O) groups excluding carboxylic acids is 2. The minimum Gasteiger partial charge on any atom is -0.495 e. The standard InChI is InChI=1S/C21H18N4O3S/c1-13(26)22-15-8-9-19(28-2)16(10-15)23-20(27)18-12-29-21-24-17(11-25(18)21)14-6-4-3-5-7-14/h3-12H,1-2H3,(H,22,26)(H,23,27). The van der Waals surface area contributed by atoms with E-state index in [1.807, 2.05) is 36.5 Å². The SMILES string of the molecule is COc1ccc(NC(C)=O)cc1NC(=O)c1csc2nc(-c3ccccc3)cn12. The van der Waals surface area contributed by atoms with Crippen LogP contribution >= 0.6 is 11.3 Å². The Kier molecular flexibility index (Phi) is 5.01. The molecular weight excluding hydrogens is 388 g/mol. The van der Waals surface area contributed by atoms with E-state index >= 15 is 0 Å². The summed E-state index contributed by atoms with van der Waals surface area (Å²) in [7, 11) is 1.52. The fraction of sp³-hybridized carbons (Fsp3) is 0.0952. The molecule has 0 aliphatic heterocycles. The Morgan fingerprint density at radius 1 is 1.10 bits per heavy atom. The maximum absolute atomic E-state index is 12.9. The van der Waals surface area contributed by atoms with Crippen molar-refractivity contribution in [2.45, 2.75) is 6.92 Å². The summed E-state index contributed by atoms with van der Waals surface area (Å²) in [6.07, 6.45) is 1.85. The second-order valence-electron chi connectivity index (χ2n) is 6.32. The topological polar surface area (TPSA) is 84.7 Å². The van der Waals surface area contributed by atoms with Gasteiger partial charge in [-0.2, -0.15) is 0 Å². The zero-order valence-electron chi connectivity index (χ0n) is 15.8. The van der Waals surface area contributed by atoms with E-state index in [4.69, 9.17) is 4.74 Å². The number of ether oxygens (including phenoxy) is 1. The Morgan fingerprint density at radius 2 is 1.90 bits per heavy atom. The lowest BCUT2D eigenvalue weighted by atomic mass is 10.2. The number of aromatic nitrogens is 2. The van der Waals surface area contributed by atoms with Crippen LogP contribution in [0.4, 0.5) is 11.4 Å². The van der Waals surface area contributed by atoms with Crippen LogP contribution in [-0.2, 0) is 4.79 Å². The Hall–Kier alpha value is -3.65. The Labute approximate surface area is 171 Å². The van der Waals surface area contributed by atoms with Gasteiger partial charge in [0.2, 0.25) is 5.91 Å². The highest BCUT2D eigenvalue weighted by molar-refractivity contribution is 7.15. The first-order valence-corrected chi connectivity index (χ1v) is 9.72. The maximum atomic E-state index is 12.9. The van der Waals surface area contributed by atoms with E-state index < -0.39 is 0 Å². The molecule has 0 bridgehead atoms. The molecule has 0 unspecified atom stereocenters. The Bertz CT molecular complexity index is 1200. The summed E-state index contributed by atoms with van der Waals surface area (Å²) in [5, 5.41) is 7.32. The number of thiazole rings is 1. The van der Waals surface area contributed by atoms with Crippen LogP contribution in [0.1, 0.15) is 17.4 Å². The first-order chi connectivity index (χ1) is 14.0. The summed E-state index contributed by atoms with van der Waals surface area (Å²) < 4.78 is 7.10. The molecule has 29 heavy (non-hydrogen) atoms. The molecule has 4 aromatic rings. The van der Waals surface area contributed by atoms with Crippen molar-refractivity contribution in [3.05, 3.63) is 65.8 Å². The molecule has 0 aliphatic rings. The summed E-state index contributed by atoms with van der Waals surface area (Å²) in [4.78, 5) is 29.6. The second kappa shape index (κ2) is 7.76. The first kappa shape index (κ1) is 18.7. The van der Waals surface area contributed by atoms with Crippen molar-refractivity contribution in [1.82, 2.24) is 9.38 Å². The smallest absolute Gasteiger partial charge is 0.273 e. The maximum Gasteiger partial charge on any atom is 0.273 e. The first-order valence-electron chi connectivity index (χ1n) is 8.84. The van der Waals surface area contributed by atoms with Crippen LogP contribution < -0.4 is 15.4 Å². The number of hydrogen-bond acceptors (Lipinski definition) is 5. The van der Waals surface area contributed by atoms with Gasteiger partial charge < -0.3 is 15.4 Å². The number of hydrogen-bond donors (Lipinski definition) is 2. The molecule has 2 heterocycles. The molecule has 0 saturated heterocycles. The molecule has 4 rings (SSSR count). The van der Waals surface area contributed by atoms with Gasteiger partial charge in [-0.15, -0.1) is 11.3 Å². The van der Waals surface area contributed by atoms with E-state index in [2.05, 4.69) is 15.6 Å². The third-order valence-electron chi connectivity index (χ3n) is 4.28. The Balaban J connectivity index is 1.64. The molecule has 8 heteroatoms. The Morgan fingerprint density at radius 3 is 2.62 bits per heavy atom. The molecule has 146 valence electrons. The van der Waals surface area contributed by atoms with Gasteiger partial charge in [0.15, 0.2) is 4.96 Å². The number of nitrogens with zero attached hydrogens (tertiary/aromatic N) is 2. The predicted molar refractivity (Wildman–Crippen MR) is 114 cm³/mol. The van der Waals surface area contributed by atoms with Gasteiger partial charge in [0.1, 0.15) is 11.4 Å². The zero-order valence-corrected chi connectivity index (χ0v) is 16.6. The number of rotatable bonds is 5. The van der Waals surface area contributed by atoms with Gasteiger partial charge >= 0.3 is 0 Å². The van der Waals surface area contributed by atoms with Crippen LogP contribution in [0.15, 0.2) is 60.1 Å². The zero-order chi connectivity index (χ0) is 20.4. The fourth-order valence-corrected chi connectivity index (χ4v) is 3.82. The summed E-state index contributed by atoms with van der Waals surface area (Å²) in [6.45, 7) is 1.42. The van der Waals surface area contributed by atoms with Crippen molar-refractivity contribution in [3.63, 3.8) is 0 Å². The van der Waals surface area contributed by atoms with Gasteiger partial charge in [-0.25, -0.2) is 4.98 Å². The molecule has 0 spiro atoms. The molecule has 7 nitrogen and oxygen atoms in total. The summed E-state index contributed by atoms with van der Waals surface area (Å²) >= 11 is 1.39. The van der Waals surface area contributed by atoms with E-state index in [-0.39, 0.29) is 11.8 Å². The lowest BCUT2D eigenvalue weighted by Crippen LogP contribution is -2.15. The van der Waals surface area contributed by atoms with Gasteiger partial charge in [0.05, 0.1) is 18.5 Å². The van der Waals surface area contributed by atoms with Gasteiger partial charge in [-0.1, -0.05) is 30.3 Å². The predicted octanol–water partition coefficient (Wildman–Crippen LogP) is 4.28. The van der Waals surface area contributed by atoms with Crippen molar-refractivity contribution in [2.75, 3.05) is 17.7 Å². The summed E-state index contributed by atoms with van der Waals surface area (Å²) in [5.74, 6) is -0.0000822. The molecule has 2 aromatic heterocycles. The van der Waals surface area contributed by atoms with Crippen LogP contribution in [0.2, 0.25) is 0 Å². The quantitative estimate of drug-likeness (QED) is 0.518. The van der Waals surface area contributed by atoms with Gasteiger partial charge in [-0.05, 0) is 18.2 Å². The van der Waals surface area contributed by atoms with Crippen LogP contribution in [-0.4, -0.2) is 28.3 Å². The molecule has 2 amide bonds. The van der Waals surface area contributed by atoms with Crippen molar-refractivity contribution < 1.29 is 14.3 Å². The van der Waals surface area contributed by atoms with E-state index in [1.54, 1.807) is 28.0 Å². The number of fused-ring (bicyclic) bond motifs is 1. The van der Waals surface area contributed by atoms with E-state index in [0.717, 1.165) is 16.2 Å². The van der Waals surface area contributed by atoms with Crippen LogP contribution in [0, 0.1) is 0 Å². The number of carbonyl (C=O) groups is 2. The average Bonchev–Trinajstić information content (AvgIpc) is 3.29. The number of amides is 2. The monoisotopic (exact) mass is 406 g/mol. The molecule has 0 saturated carbocycles. The second-order valence-corrected chi connectivity index (χ2v) is 7.15. The number of imidazole rings is 1. The largest absolute Gasteiger partial charge is 0.495 e. The van der Waals surface area contributed by atoms with E-state index in [9.17, 15) is 9.59 Å². The molecule has 0 radical (unpaired) electrons. The third-order valence-corrected chi connectivity index (χ3v) is 5.12. The van der Waals surface area contributed by atoms with Crippen molar-refractivity contribution in [3.8, 4) is 17.0 Å². The minimum absolute atomic E-state index is 0.196. The van der Waals surface area contributed by atoms with Crippen LogP contribution in [0.25, 0.3) is 16.2 Å². The fourth-order valence-electron chi connectivity index (χ4n) is 2.97. The van der Waals surface area contributed by atoms with Gasteiger partial charge in [0, 0.05) is 29.8 Å². The number of nitrogens with one attached hydrogen (secondary N) is 2. The molecule has 0 aliphatic carbocycles. The molecular formula is C21H18N4O3S. The number of anilines is 2. The van der Waals surface area contributed by atoms with Crippen molar-refractivity contribution >= 4 is 39.5 Å². The summed E-state index contributed by atoms with van der Waals surface area (Å²) in [6, 6.07) is 14.9. The van der Waals surface area contributed by atoms with E-state index in [1.165, 1.54) is 25.4 Å². The normalized spacial score (nSPS) is 10.7. The summed E-state index contributed by atoms with van der Waals surface area (Å²) in [5.41, 5.74) is 3.28. The molecule has 0 fully saturated rings. The third kappa shape index (κ3) is 3.83. The van der Waals surface area contributed by atoms with Gasteiger partial charge in [-0.3, -0.25) is 14.0 Å². The number of benzene rings is 2. The minimum atomic E-state index is -0.300. The highest BCUT2D eigenvalue weighted by atomic mass is 32.1. The molecule has 2 aromatic carbocycles. The van der Waals surface area contributed by atoms with E-state index in [0.29, 0.717) is 22.8 Å².